The van der Waals surface area contributed by atoms with Gasteiger partial charge >= 0.3 is 0 Å². The van der Waals surface area contributed by atoms with Crippen LogP contribution in [0.1, 0.15) is 43.7 Å². The maximum atomic E-state index is 13.5. The summed E-state index contributed by atoms with van der Waals surface area (Å²) in [6.07, 6.45) is 6.65. The molecule has 3 fully saturated rings. The lowest BCUT2D eigenvalue weighted by Crippen LogP contribution is -2.41. The van der Waals surface area contributed by atoms with Gasteiger partial charge in [-0.2, -0.15) is 0 Å². The van der Waals surface area contributed by atoms with Crippen molar-refractivity contribution in [1.29, 1.82) is 0 Å². The number of halogens is 2. The number of carbonyl (C=O) groups is 1. The summed E-state index contributed by atoms with van der Waals surface area (Å²) in [6, 6.07) is 7.18. The number of rotatable bonds is 4. The van der Waals surface area contributed by atoms with E-state index < -0.39 is 0 Å². The topological polar surface area (TPSA) is 59.4 Å². The van der Waals surface area contributed by atoms with E-state index in [1.807, 2.05) is 25.1 Å². The molecule has 1 aromatic carbocycles. The fourth-order valence-corrected chi connectivity index (χ4v) is 6.12. The smallest absolute Gasteiger partial charge is 0.238 e. The molecular formula is C24H23Cl2NO3. The van der Waals surface area contributed by atoms with Gasteiger partial charge in [0.2, 0.25) is 5.88 Å². The van der Waals surface area contributed by atoms with Crippen molar-refractivity contribution in [3.05, 3.63) is 57.4 Å². The highest BCUT2D eigenvalue weighted by Gasteiger charge is 2.54. The highest BCUT2D eigenvalue weighted by atomic mass is 35.5. The number of aromatic nitrogens is 1. The molecule has 0 amide bonds. The van der Waals surface area contributed by atoms with E-state index >= 15 is 0 Å². The van der Waals surface area contributed by atoms with Crippen LogP contribution in [-0.2, 0) is 11.2 Å². The number of ketones is 1. The van der Waals surface area contributed by atoms with Gasteiger partial charge in [0.1, 0.15) is 16.5 Å². The Balaban J connectivity index is 1.55. The lowest BCUT2D eigenvalue weighted by atomic mass is 9.59. The molecular weight excluding hydrogens is 421 g/mol. The first kappa shape index (κ1) is 19.9. The normalized spacial score (nSPS) is 27.5. The molecule has 2 unspecified atom stereocenters. The van der Waals surface area contributed by atoms with Crippen LogP contribution in [-0.4, -0.2) is 15.9 Å². The zero-order valence-electron chi connectivity index (χ0n) is 16.7. The summed E-state index contributed by atoms with van der Waals surface area (Å²) in [7, 11) is 0. The van der Waals surface area contributed by atoms with Crippen molar-refractivity contribution in [2.24, 2.45) is 23.7 Å². The molecule has 1 heterocycles. The van der Waals surface area contributed by atoms with Crippen LogP contribution in [0.15, 0.2) is 36.2 Å². The van der Waals surface area contributed by atoms with Crippen molar-refractivity contribution in [1.82, 2.24) is 4.98 Å². The number of carbonyl (C=O) groups excluding carboxylic acids is 1. The molecule has 6 rings (SSSR count). The van der Waals surface area contributed by atoms with Crippen molar-refractivity contribution in [2.75, 3.05) is 0 Å². The average Bonchev–Trinajstić information content (AvgIpc) is 3.03. The predicted octanol–water partition coefficient (Wildman–Crippen LogP) is 6.65. The fourth-order valence-electron chi connectivity index (χ4n) is 5.70. The van der Waals surface area contributed by atoms with Gasteiger partial charge in [0.05, 0.1) is 10.6 Å². The van der Waals surface area contributed by atoms with E-state index in [0.29, 0.717) is 33.2 Å². The Kier molecular flexibility index (Phi) is 5.03. The van der Waals surface area contributed by atoms with E-state index in [1.54, 1.807) is 6.07 Å². The molecule has 6 heteroatoms. The Morgan fingerprint density at radius 1 is 1.10 bits per heavy atom. The molecule has 2 atom stereocenters. The van der Waals surface area contributed by atoms with E-state index in [9.17, 15) is 9.90 Å². The second kappa shape index (κ2) is 7.58. The molecule has 4 aliphatic rings. The summed E-state index contributed by atoms with van der Waals surface area (Å²) in [5, 5.41) is 11.9. The number of nitrogens with zero attached hydrogens (tertiary/aromatic N) is 1. The van der Waals surface area contributed by atoms with Crippen LogP contribution in [0.4, 0.5) is 0 Å². The van der Waals surface area contributed by atoms with Crippen LogP contribution in [0.25, 0.3) is 5.57 Å². The molecule has 3 saturated carbocycles. The van der Waals surface area contributed by atoms with Gasteiger partial charge in [0.25, 0.3) is 0 Å². The molecule has 0 aliphatic heterocycles. The summed E-state index contributed by atoms with van der Waals surface area (Å²) in [5.41, 5.74) is 2.26. The second-order valence-corrected chi connectivity index (χ2v) is 9.41. The maximum absolute atomic E-state index is 13.5. The standard InChI is InChI=1S/C24H23Cl2NO3/c1-2-12-7-8-16(30-24-18(26)9-15(25)11-27-24)10-17(12)21-22(28)19-13-3-4-14(6-5-13)20(19)23(21)29/h7-11,13-14,19-20,28H,2-6H2,1H3. The second-order valence-electron chi connectivity index (χ2n) is 8.57. The first-order chi connectivity index (χ1) is 14.5. The predicted molar refractivity (Wildman–Crippen MR) is 117 cm³/mol. The Morgan fingerprint density at radius 3 is 2.43 bits per heavy atom. The number of hydrogen-bond acceptors (Lipinski definition) is 4. The first-order valence-electron chi connectivity index (χ1n) is 10.6. The number of aliphatic hydroxyl groups is 1. The highest BCUT2D eigenvalue weighted by molar-refractivity contribution is 6.35. The zero-order chi connectivity index (χ0) is 21.0. The highest BCUT2D eigenvalue weighted by Crippen LogP contribution is 2.57. The average molecular weight is 444 g/mol. The van der Waals surface area contributed by atoms with Crippen LogP contribution >= 0.6 is 23.2 Å². The van der Waals surface area contributed by atoms with Crippen molar-refractivity contribution in [3.63, 3.8) is 0 Å². The minimum absolute atomic E-state index is 0.0124. The van der Waals surface area contributed by atoms with Gasteiger partial charge in [-0.1, -0.05) is 36.2 Å². The van der Waals surface area contributed by atoms with Crippen molar-refractivity contribution in [2.45, 2.75) is 39.0 Å². The summed E-state index contributed by atoms with van der Waals surface area (Å²) in [5.74, 6) is 1.90. The molecule has 0 saturated heterocycles. The van der Waals surface area contributed by atoms with Crippen molar-refractivity contribution in [3.8, 4) is 11.6 Å². The van der Waals surface area contributed by atoms with Gasteiger partial charge in [-0.15, -0.1) is 0 Å². The van der Waals surface area contributed by atoms with Crippen LogP contribution in [0.5, 0.6) is 11.6 Å². The summed E-state index contributed by atoms with van der Waals surface area (Å²) in [4.78, 5) is 17.6. The molecule has 4 aliphatic carbocycles. The summed E-state index contributed by atoms with van der Waals surface area (Å²) in [6.45, 7) is 2.05. The van der Waals surface area contributed by atoms with Crippen LogP contribution < -0.4 is 4.74 Å². The zero-order valence-corrected chi connectivity index (χ0v) is 18.2. The molecule has 1 aromatic heterocycles. The number of fused-ring (bicyclic) bond motifs is 2. The number of ether oxygens (including phenoxy) is 1. The van der Waals surface area contributed by atoms with Gasteiger partial charge in [0.15, 0.2) is 5.78 Å². The van der Waals surface area contributed by atoms with Crippen molar-refractivity contribution >= 4 is 34.6 Å². The van der Waals surface area contributed by atoms with Gasteiger partial charge in [0, 0.05) is 18.0 Å². The third-order valence-electron chi connectivity index (χ3n) is 7.06. The summed E-state index contributed by atoms with van der Waals surface area (Å²) >= 11 is 12.1. The maximum Gasteiger partial charge on any atom is 0.238 e. The van der Waals surface area contributed by atoms with E-state index in [1.165, 1.54) is 6.20 Å². The lowest BCUT2D eigenvalue weighted by molar-refractivity contribution is -0.123. The molecule has 2 bridgehead atoms. The van der Waals surface area contributed by atoms with Gasteiger partial charge in [-0.3, -0.25) is 4.79 Å². The third-order valence-corrected chi connectivity index (χ3v) is 7.54. The fraction of sp³-hybridized carbons (Fsp3) is 0.417. The van der Waals surface area contributed by atoms with Gasteiger partial charge in [-0.05, 0) is 73.3 Å². The first-order valence-corrected chi connectivity index (χ1v) is 11.3. The molecule has 156 valence electrons. The van der Waals surface area contributed by atoms with Crippen LogP contribution in [0, 0.1) is 23.7 Å². The Hall–Kier alpha value is -2.04. The molecule has 30 heavy (non-hydrogen) atoms. The largest absolute Gasteiger partial charge is 0.511 e. The molecule has 0 radical (unpaired) electrons. The number of aliphatic hydroxyl groups excluding tert-OH is 1. The number of allylic oxidation sites excluding steroid dienone is 2. The Morgan fingerprint density at radius 2 is 1.80 bits per heavy atom. The summed E-state index contributed by atoms with van der Waals surface area (Å²) < 4.78 is 5.89. The SMILES string of the molecule is CCc1ccc(Oc2ncc(Cl)cc2Cl)cc1C1=C(O)C2C3CCC(CC3)C2C1=O. The van der Waals surface area contributed by atoms with Gasteiger partial charge in [-0.25, -0.2) is 4.98 Å². The Bertz CT molecular complexity index is 1060. The van der Waals surface area contributed by atoms with Crippen molar-refractivity contribution < 1.29 is 14.6 Å². The van der Waals surface area contributed by atoms with E-state index in [2.05, 4.69) is 4.98 Å². The quantitative estimate of drug-likeness (QED) is 0.574. The molecule has 0 spiro atoms. The molecule has 1 N–H and O–H groups in total. The minimum Gasteiger partial charge on any atom is -0.511 e. The van der Waals surface area contributed by atoms with Crippen LogP contribution in [0.2, 0.25) is 10.0 Å². The van der Waals surface area contributed by atoms with E-state index in [-0.39, 0.29) is 29.3 Å². The number of pyridine rings is 1. The number of benzene rings is 1. The lowest BCUT2D eigenvalue weighted by Gasteiger charge is -2.44. The van der Waals surface area contributed by atoms with E-state index in [0.717, 1.165) is 43.2 Å². The van der Waals surface area contributed by atoms with Gasteiger partial charge < -0.3 is 9.84 Å². The Labute approximate surface area is 185 Å². The number of hydrogen-bond donors (Lipinski definition) is 1. The van der Waals surface area contributed by atoms with Crippen LogP contribution in [0.3, 0.4) is 0 Å². The minimum atomic E-state index is -0.0610. The number of Topliss-reactive ketones (excluding diaryl/α,β-unsaturated/α-hetero) is 1. The number of aryl methyl sites for hydroxylation is 1. The monoisotopic (exact) mass is 443 g/mol. The van der Waals surface area contributed by atoms with E-state index in [4.69, 9.17) is 27.9 Å². The molecule has 4 nitrogen and oxygen atoms in total. The molecule has 2 aromatic rings. The third kappa shape index (κ3) is 3.12.